The monoisotopic (exact) mass is 152 g/mol. The van der Waals surface area contributed by atoms with Crippen LogP contribution in [0.15, 0.2) is 24.0 Å². The van der Waals surface area contributed by atoms with E-state index >= 15 is 0 Å². The molecule has 0 radical (unpaired) electrons. The van der Waals surface area contributed by atoms with E-state index in [1.165, 1.54) is 0 Å². The topological polar surface area (TPSA) is 32.3 Å². The number of rotatable bonds is 1. The molecule has 3 heteroatoms. The molecule has 60 valence electrons. The molecular formula is C8H12N2O. The first kappa shape index (κ1) is 7.85. The molecule has 1 rings (SSSR count). The molecule has 1 aliphatic heterocycles. The van der Waals surface area contributed by atoms with E-state index in [4.69, 9.17) is 0 Å². The predicted octanol–water partition coefficient (Wildman–Crippen LogP) is 1.45. The molecule has 2 amide bonds. The fourth-order valence-electron chi connectivity index (χ4n) is 0.905. The molecule has 0 aromatic carbocycles. The van der Waals surface area contributed by atoms with E-state index in [1.807, 2.05) is 13.8 Å². The van der Waals surface area contributed by atoms with Gasteiger partial charge in [0.15, 0.2) is 0 Å². The first-order chi connectivity index (χ1) is 5.15. The molecule has 0 bridgehead atoms. The molecule has 0 aromatic rings. The summed E-state index contributed by atoms with van der Waals surface area (Å²) in [5, 5.41) is 2.65. The lowest BCUT2D eigenvalue weighted by atomic mass is 10.2. The van der Waals surface area contributed by atoms with Crippen molar-refractivity contribution >= 4 is 6.03 Å². The van der Waals surface area contributed by atoms with Crippen molar-refractivity contribution in [1.82, 2.24) is 10.2 Å². The largest absolute Gasteiger partial charge is 0.325 e. The maximum Gasteiger partial charge on any atom is 0.325 e. The van der Waals surface area contributed by atoms with E-state index < -0.39 is 0 Å². The molecule has 0 aliphatic carbocycles. The van der Waals surface area contributed by atoms with Crippen molar-refractivity contribution in [3.8, 4) is 0 Å². The normalized spacial score (nSPS) is 18.0. The Morgan fingerprint density at radius 3 is 2.91 bits per heavy atom. The van der Waals surface area contributed by atoms with Crippen molar-refractivity contribution in [1.29, 1.82) is 0 Å². The van der Waals surface area contributed by atoms with Crippen LogP contribution in [0.4, 0.5) is 4.79 Å². The highest BCUT2D eigenvalue weighted by molar-refractivity contribution is 5.79. The van der Waals surface area contributed by atoms with Crippen LogP contribution >= 0.6 is 0 Å². The Bertz CT molecular complexity index is 230. The van der Waals surface area contributed by atoms with Crippen LogP contribution in [0, 0.1) is 0 Å². The van der Waals surface area contributed by atoms with Crippen LogP contribution in [0.2, 0.25) is 0 Å². The minimum atomic E-state index is -0.0944. The Kier molecular flexibility index (Phi) is 1.98. The Labute approximate surface area is 66.4 Å². The van der Waals surface area contributed by atoms with Crippen molar-refractivity contribution in [3.63, 3.8) is 0 Å². The van der Waals surface area contributed by atoms with Gasteiger partial charge in [0.2, 0.25) is 0 Å². The molecule has 1 aliphatic rings. The van der Waals surface area contributed by atoms with Gasteiger partial charge in [-0.1, -0.05) is 6.58 Å². The van der Waals surface area contributed by atoms with E-state index in [-0.39, 0.29) is 6.03 Å². The van der Waals surface area contributed by atoms with E-state index in [2.05, 4.69) is 11.9 Å². The average Bonchev–Trinajstić information content (AvgIpc) is 1.97. The number of carbonyl (C=O) groups is 1. The second-order valence-corrected chi connectivity index (χ2v) is 2.51. The summed E-state index contributed by atoms with van der Waals surface area (Å²) >= 11 is 0. The summed E-state index contributed by atoms with van der Waals surface area (Å²) in [7, 11) is 0. The van der Waals surface area contributed by atoms with Crippen LogP contribution in [0.5, 0.6) is 0 Å². The third-order valence-electron chi connectivity index (χ3n) is 1.68. The molecular weight excluding hydrogens is 140 g/mol. The molecule has 0 fully saturated rings. The lowest BCUT2D eigenvalue weighted by Gasteiger charge is -2.24. The van der Waals surface area contributed by atoms with Crippen molar-refractivity contribution in [2.24, 2.45) is 0 Å². The highest BCUT2D eigenvalue weighted by atomic mass is 16.2. The van der Waals surface area contributed by atoms with Gasteiger partial charge >= 0.3 is 6.03 Å². The standard InChI is InChI=1S/C8H12N2O/c1-4-10-5-6(2)7(3)9-8(10)11/h5H,3-4H2,1-2H3,(H,9,11). The molecule has 0 spiro atoms. The highest BCUT2D eigenvalue weighted by Gasteiger charge is 2.15. The average molecular weight is 152 g/mol. The van der Waals surface area contributed by atoms with Crippen molar-refractivity contribution in [3.05, 3.63) is 24.0 Å². The van der Waals surface area contributed by atoms with Gasteiger partial charge in [-0.3, -0.25) is 0 Å². The third-order valence-corrected chi connectivity index (χ3v) is 1.68. The van der Waals surface area contributed by atoms with Gasteiger partial charge in [0.1, 0.15) is 0 Å². The number of hydrogen-bond donors (Lipinski definition) is 1. The van der Waals surface area contributed by atoms with Crippen molar-refractivity contribution in [2.45, 2.75) is 13.8 Å². The maximum atomic E-state index is 11.1. The molecule has 0 atom stereocenters. The van der Waals surface area contributed by atoms with Gasteiger partial charge in [-0.2, -0.15) is 0 Å². The van der Waals surface area contributed by atoms with Gasteiger partial charge in [0.25, 0.3) is 0 Å². The molecule has 0 saturated carbocycles. The minimum absolute atomic E-state index is 0.0944. The summed E-state index contributed by atoms with van der Waals surface area (Å²) in [6.07, 6.45) is 1.81. The Morgan fingerprint density at radius 1 is 1.73 bits per heavy atom. The zero-order chi connectivity index (χ0) is 8.43. The van der Waals surface area contributed by atoms with Crippen LogP contribution < -0.4 is 5.32 Å². The van der Waals surface area contributed by atoms with Gasteiger partial charge in [0, 0.05) is 18.4 Å². The number of allylic oxidation sites excluding steroid dienone is 1. The maximum absolute atomic E-state index is 11.1. The molecule has 0 saturated heterocycles. The molecule has 0 aromatic heterocycles. The molecule has 1 N–H and O–H groups in total. The van der Waals surface area contributed by atoms with Crippen molar-refractivity contribution < 1.29 is 4.79 Å². The summed E-state index contributed by atoms with van der Waals surface area (Å²) in [5.41, 5.74) is 1.70. The van der Waals surface area contributed by atoms with Crippen LogP contribution in [-0.4, -0.2) is 17.5 Å². The van der Waals surface area contributed by atoms with Crippen LogP contribution in [0.3, 0.4) is 0 Å². The lowest BCUT2D eigenvalue weighted by Crippen LogP contribution is -2.39. The first-order valence-corrected chi connectivity index (χ1v) is 3.60. The van der Waals surface area contributed by atoms with Gasteiger partial charge in [0.05, 0.1) is 0 Å². The van der Waals surface area contributed by atoms with E-state index in [0.717, 1.165) is 5.57 Å². The second kappa shape index (κ2) is 2.78. The Morgan fingerprint density at radius 2 is 2.36 bits per heavy atom. The number of nitrogens with zero attached hydrogens (tertiary/aromatic N) is 1. The summed E-state index contributed by atoms with van der Waals surface area (Å²) in [6.45, 7) is 8.23. The molecule has 0 unspecified atom stereocenters. The van der Waals surface area contributed by atoms with E-state index in [9.17, 15) is 4.79 Å². The van der Waals surface area contributed by atoms with Gasteiger partial charge in [-0.25, -0.2) is 4.79 Å². The fourth-order valence-corrected chi connectivity index (χ4v) is 0.905. The lowest BCUT2D eigenvalue weighted by molar-refractivity contribution is 0.217. The Balaban J connectivity index is 2.86. The second-order valence-electron chi connectivity index (χ2n) is 2.51. The summed E-state index contributed by atoms with van der Waals surface area (Å²) in [4.78, 5) is 12.7. The van der Waals surface area contributed by atoms with Crippen molar-refractivity contribution in [2.75, 3.05) is 6.54 Å². The molecule has 11 heavy (non-hydrogen) atoms. The Hall–Kier alpha value is -1.25. The smallest absolute Gasteiger partial charge is 0.308 e. The van der Waals surface area contributed by atoms with Crippen LogP contribution in [0.25, 0.3) is 0 Å². The number of amides is 2. The van der Waals surface area contributed by atoms with Gasteiger partial charge in [-0.05, 0) is 19.4 Å². The van der Waals surface area contributed by atoms with E-state index in [0.29, 0.717) is 12.2 Å². The first-order valence-electron chi connectivity index (χ1n) is 3.60. The number of urea groups is 1. The van der Waals surface area contributed by atoms with Gasteiger partial charge in [-0.15, -0.1) is 0 Å². The van der Waals surface area contributed by atoms with Crippen LogP contribution in [0.1, 0.15) is 13.8 Å². The van der Waals surface area contributed by atoms with Crippen LogP contribution in [-0.2, 0) is 0 Å². The summed E-state index contributed by atoms with van der Waals surface area (Å²) < 4.78 is 0. The minimum Gasteiger partial charge on any atom is -0.308 e. The summed E-state index contributed by atoms with van der Waals surface area (Å²) in [6, 6.07) is -0.0944. The van der Waals surface area contributed by atoms with E-state index in [1.54, 1.807) is 11.1 Å². The molecule has 3 nitrogen and oxygen atoms in total. The third kappa shape index (κ3) is 1.42. The number of carbonyl (C=O) groups excluding carboxylic acids is 1. The fraction of sp³-hybridized carbons (Fsp3) is 0.375. The number of hydrogen-bond acceptors (Lipinski definition) is 1. The molecule has 1 heterocycles. The van der Waals surface area contributed by atoms with Gasteiger partial charge < -0.3 is 10.2 Å². The quantitative estimate of drug-likeness (QED) is 0.606. The number of nitrogens with one attached hydrogen (secondary N) is 1. The zero-order valence-electron chi connectivity index (χ0n) is 6.85. The zero-order valence-corrected chi connectivity index (χ0v) is 6.85. The summed E-state index contributed by atoms with van der Waals surface area (Å²) in [5.74, 6) is 0. The highest BCUT2D eigenvalue weighted by Crippen LogP contribution is 2.11. The predicted molar refractivity (Wildman–Crippen MR) is 43.8 cm³/mol. The SMILES string of the molecule is C=C1NC(=O)N(CC)C=C1C.